The van der Waals surface area contributed by atoms with Crippen molar-refractivity contribution in [2.75, 3.05) is 0 Å². The maximum atomic E-state index is 14.5. The van der Waals surface area contributed by atoms with Crippen molar-refractivity contribution in [3.8, 4) is 0 Å². The molecular formula is C17H7ClF4O4. The zero-order valence-electron chi connectivity index (χ0n) is 12.6. The molecule has 0 saturated carbocycles. The van der Waals surface area contributed by atoms with Gasteiger partial charge < -0.3 is 4.74 Å². The number of hydrogen-bond donors (Lipinski definition) is 0. The third kappa shape index (κ3) is 2.66. The Morgan fingerprint density at radius 3 is 1.88 bits per heavy atom. The minimum atomic E-state index is -4.71. The average molecular weight is 387 g/mol. The Balaban J connectivity index is 2.03. The molecule has 4 nitrogen and oxygen atoms in total. The molecule has 134 valence electrons. The molecule has 2 aromatic carbocycles. The zero-order chi connectivity index (χ0) is 19.3. The second-order valence-electron chi connectivity index (χ2n) is 5.44. The molecule has 3 rings (SSSR count). The first-order chi connectivity index (χ1) is 12.1. The molecule has 0 radical (unpaired) electrons. The summed E-state index contributed by atoms with van der Waals surface area (Å²) in [5.74, 6) is -11.6. The number of rotatable bonds is 4. The van der Waals surface area contributed by atoms with Crippen LogP contribution in [0.4, 0.5) is 17.6 Å². The number of benzene rings is 2. The van der Waals surface area contributed by atoms with Gasteiger partial charge in [0.25, 0.3) is 5.24 Å². The Hall–Kier alpha value is -2.74. The van der Waals surface area contributed by atoms with Crippen LogP contribution in [0, 0.1) is 0 Å². The van der Waals surface area contributed by atoms with Gasteiger partial charge in [0.15, 0.2) is 0 Å². The van der Waals surface area contributed by atoms with Gasteiger partial charge in [-0.1, -0.05) is 18.2 Å². The summed E-state index contributed by atoms with van der Waals surface area (Å²) in [5, 5.41) is -0.923. The first-order valence-electron chi connectivity index (χ1n) is 7.02. The molecule has 2 aromatic rings. The molecule has 1 heterocycles. The van der Waals surface area contributed by atoms with E-state index in [1.165, 1.54) is 0 Å². The Bertz CT molecular complexity index is 938. The molecule has 0 atom stereocenters. The van der Waals surface area contributed by atoms with Crippen molar-refractivity contribution < 1.29 is 36.7 Å². The van der Waals surface area contributed by atoms with E-state index in [0.717, 1.165) is 18.2 Å². The number of fused-ring (bicyclic) bond motifs is 1. The predicted octanol–water partition coefficient (Wildman–Crippen LogP) is 4.26. The van der Waals surface area contributed by atoms with Gasteiger partial charge in [-0.2, -0.15) is 17.6 Å². The number of cyclic esters (lactones) is 2. The quantitative estimate of drug-likeness (QED) is 0.341. The topological polar surface area (TPSA) is 60.4 Å². The molecule has 0 aromatic heterocycles. The summed E-state index contributed by atoms with van der Waals surface area (Å²) in [4.78, 5) is 33.7. The Morgan fingerprint density at radius 1 is 0.808 bits per heavy atom. The maximum absolute atomic E-state index is 14.5. The molecule has 0 amide bonds. The fourth-order valence-electron chi connectivity index (χ4n) is 2.45. The number of hydrogen-bond acceptors (Lipinski definition) is 4. The lowest BCUT2D eigenvalue weighted by molar-refractivity contribution is -0.223. The van der Waals surface area contributed by atoms with Crippen LogP contribution in [-0.4, -0.2) is 17.2 Å². The monoisotopic (exact) mass is 386 g/mol. The Morgan fingerprint density at radius 2 is 1.31 bits per heavy atom. The van der Waals surface area contributed by atoms with E-state index in [0.29, 0.717) is 24.3 Å². The highest BCUT2D eigenvalue weighted by molar-refractivity contribution is 6.67. The number of ether oxygens (including phenoxy) is 1. The van der Waals surface area contributed by atoms with Crippen molar-refractivity contribution in [3.05, 3.63) is 70.3 Å². The highest BCUT2D eigenvalue weighted by Crippen LogP contribution is 2.50. The largest absolute Gasteiger partial charge is 0.386 e. The van der Waals surface area contributed by atoms with Crippen LogP contribution in [-0.2, 0) is 16.6 Å². The van der Waals surface area contributed by atoms with Gasteiger partial charge in [0.05, 0.1) is 11.1 Å². The van der Waals surface area contributed by atoms with Gasteiger partial charge in [-0.25, -0.2) is 9.59 Å². The van der Waals surface area contributed by atoms with Crippen molar-refractivity contribution in [1.29, 1.82) is 0 Å². The number of carbonyl (C=O) groups is 3. The van der Waals surface area contributed by atoms with E-state index < -0.39 is 45.7 Å². The number of esters is 2. The van der Waals surface area contributed by atoms with Crippen LogP contribution < -0.4 is 0 Å². The molecule has 0 fully saturated rings. The van der Waals surface area contributed by atoms with E-state index in [1.54, 1.807) is 0 Å². The van der Waals surface area contributed by atoms with Crippen LogP contribution in [0.25, 0.3) is 0 Å². The fourth-order valence-corrected chi connectivity index (χ4v) is 2.58. The van der Waals surface area contributed by atoms with E-state index in [9.17, 15) is 31.9 Å². The molecule has 0 spiro atoms. The highest BCUT2D eigenvalue weighted by atomic mass is 35.5. The summed E-state index contributed by atoms with van der Waals surface area (Å²) < 4.78 is 62.1. The second-order valence-corrected chi connectivity index (χ2v) is 5.78. The summed E-state index contributed by atoms with van der Waals surface area (Å²) in [5.41, 5.74) is -3.13. The molecule has 0 N–H and O–H groups in total. The second kappa shape index (κ2) is 5.91. The van der Waals surface area contributed by atoms with E-state index in [1.807, 2.05) is 0 Å². The molecule has 1 aliphatic rings. The Labute approximate surface area is 148 Å². The number of alkyl halides is 4. The molecule has 0 aliphatic carbocycles. The van der Waals surface area contributed by atoms with Gasteiger partial charge in [-0.3, -0.25) is 4.79 Å². The number of halogens is 5. The maximum Gasteiger partial charge on any atom is 0.346 e. The van der Waals surface area contributed by atoms with Gasteiger partial charge in [-0.15, -0.1) is 0 Å². The first kappa shape index (κ1) is 18.1. The van der Waals surface area contributed by atoms with Crippen LogP contribution in [0.1, 0.15) is 42.2 Å². The van der Waals surface area contributed by atoms with Crippen LogP contribution in [0.15, 0.2) is 42.5 Å². The standard InChI is InChI=1S/C17H7ClF4O4/c18-13(23)8-1-3-9(4-2-8)16(19,20)17(21,22)10-5-6-11-12(7-10)15(25)26-14(11)24/h1-7H. The average Bonchev–Trinajstić information content (AvgIpc) is 2.88. The van der Waals surface area contributed by atoms with Gasteiger partial charge in [0.1, 0.15) is 0 Å². The lowest BCUT2D eigenvalue weighted by atomic mass is 9.93. The molecule has 0 saturated heterocycles. The smallest absolute Gasteiger partial charge is 0.346 e. The van der Waals surface area contributed by atoms with Crippen molar-refractivity contribution in [3.63, 3.8) is 0 Å². The van der Waals surface area contributed by atoms with Crippen molar-refractivity contribution >= 4 is 28.8 Å². The molecule has 9 heteroatoms. The summed E-state index contributed by atoms with van der Waals surface area (Å²) in [6, 6.07) is 5.08. The summed E-state index contributed by atoms with van der Waals surface area (Å²) in [7, 11) is 0. The molecule has 1 aliphatic heterocycles. The number of carbonyl (C=O) groups excluding carboxylic acids is 3. The van der Waals surface area contributed by atoms with Gasteiger partial charge in [0.2, 0.25) is 0 Å². The molecule has 0 bridgehead atoms. The Kier molecular flexibility index (Phi) is 4.11. The van der Waals surface area contributed by atoms with Crippen molar-refractivity contribution in [2.24, 2.45) is 0 Å². The van der Waals surface area contributed by atoms with Crippen LogP contribution >= 0.6 is 11.6 Å². The minimum absolute atomic E-state index is 0.131. The molecule has 26 heavy (non-hydrogen) atoms. The van der Waals surface area contributed by atoms with Crippen LogP contribution in [0.5, 0.6) is 0 Å². The van der Waals surface area contributed by atoms with E-state index >= 15 is 0 Å². The van der Waals surface area contributed by atoms with E-state index in [2.05, 4.69) is 4.74 Å². The third-order valence-corrected chi connectivity index (χ3v) is 4.09. The third-order valence-electron chi connectivity index (χ3n) is 3.88. The molecule has 0 unspecified atom stereocenters. The first-order valence-corrected chi connectivity index (χ1v) is 7.40. The normalized spacial score (nSPS) is 14.2. The summed E-state index contributed by atoms with van der Waals surface area (Å²) in [6.07, 6.45) is 0. The lowest BCUT2D eigenvalue weighted by Crippen LogP contribution is -2.35. The fraction of sp³-hybridized carbons (Fsp3) is 0.118. The van der Waals surface area contributed by atoms with Crippen molar-refractivity contribution in [2.45, 2.75) is 11.8 Å². The summed E-state index contributed by atoms with van der Waals surface area (Å²) >= 11 is 5.19. The van der Waals surface area contributed by atoms with Gasteiger partial charge in [-0.05, 0) is 35.9 Å². The van der Waals surface area contributed by atoms with Gasteiger partial charge >= 0.3 is 23.8 Å². The van der Waals surface area contributed by atoms with Gasteiger partial charge in [0, 0.05) is 16.7 Å². The zero-order valence-corrected chi connectivity index (χ0v) is 13.3. The minimum Gasteiger partial charge on any atom is -0.386 e. The predicted molar refractivity (Wildman–Crippen MR) is 80.6 cm³/mol. The van der Waals surface area contributed by atoms with Crippen LogP contribution in [0.2, 0.25) is 0 Å². The summed E-state index contributed by atoms with van der Waals surface area (Å²) in [6.45, 7) is 0. The van der Waals surface area contributed by atoms with Crippen LogP contribution in [0.3, 0.4) is 0 Å². The van der Waals surface area contributed by atoms with E-state index in [4.69, 9.17) is 11.6 Å². The molecular weight excluding hydrogens is 380 g/mol. The lowest BCUT2D eigenvalue weighted by Gasteiger charge is -2.27. The highest BCUT2D eigenvalue weighted by Gasteiger charge is 2.58. The van der Waals surface area contributed by atoms with Crippen molar-refractivity contribution in [1.82, 2.24) is 0 Å². The SMILES string of the molecule is O=C(Cl)c1ccc(C(F)(F)C(F)(F)c2ccc3c(c2)C(=O)OC3=O)cc1. The van der Waals surface area contributed by atoms with E-state index in [-0.39, 0.29) is 11.1 Å².